The van der Waals surface area contributed by atoms with Gasteiger partial charge in [-0.25, -0.2) is 0 Å². The number of anilines is 2. The van der Waals surface area contributed by atoms with Crippen LogP contribution in [0.1, 0.15) is 34.5 Å². The monoisotopic (exact) mass is 457 g/mol. The summed E-state index contributed by atoms with van der Waals surface area (Å²) < 4.78 is 45.7. The molecule has 3 aromatic rings. The van der Waals surface area contributed by atoms with E-state index in [1.54, 1.807) is 0 Å². The van der Waals surface area contributed by atoms with E-state index >= 15 is 0 Å². The van der Waals surface area contributed by atoms with Crippen LogP contribution in [-0.2, 0) is 16.4 Å². The van der Waals surface area contributed by atoms with Crippen LogP contribution in [0.2, 0.25) is 0 Å². The van der Waals surface area contributed by atoms with Crippen LogP contribution in [0, 0.1) is 0 Å². The molecule has 2 aromatic carbocycles. The third kappa shape index (κ3) is 5.36. The van der Waals surface area contributed by atoms with Crippen LogP contribution in [0.5, 0.6) is 0 Å². The molecule has 0 spiro atoms. The van der Waals surface area contributed by atoms with Gasteiger partial charge in [-0.1, -0.05) is 30.3 Å². The van der Waals surface area contributed by atoms with Gasteiger partial charge < -0.3 is 20.4 Å². The number of benzene rings is 2. The molecule has 0 saturated heterocycles. The zero-order valence-electron chi connectivity index (χ0n) is 17.5. The van der Waals surface area contributed by atoms with Gasteiger partial charge in [0.05, 0.1) is 18.4 Å². The fourth-order valence-corrected chi connectivity index (χ4v) is 3.63. The van der Waals surface area contributed by atoms with Crippen LogP contribution in [0.25, 0.3) is 0 Å². The van der Waals surface area contributed by atoms with E-state index in [9.17, 15) is 22.8 Å². The van der Waals surface area contributed by atoms with Crippen LogP contribution >= 0.6 is 0 Å². The standard InChI is InChI=1S/C24H22F3N3O3/c25-24(26,27)18-13-17(30-22(32)20-7-4-12-33-20)8-9-19(18)28-14-21(31)29-15-23(10-11-23)16-5-2-1-3-6-16/h1-9,12-13,28H,10-11,14-15H2,(H,29,31)(H,30,32). The highest BCUT2D eigenvalue weighted by molar-refractivity contribution is 6.02. The van der Waals surface area contributed by atoms with Gasteiger partial charge >= 0.3 is 6.18 Å². The Kier molecular flexibility index (Phi) is 6.13. The smallest absolute Gasteiger partial charge is 0.418 e. The number of carbonyl (C=O) groups is 2. The van der Waals surface area contributed by atoms with Gasteiger partial charge in [-0.05, 0) is 48.7 Å². The molecule has 1 saturated carbocycles. The molecule has 9 heteroatoms. The number of furan rings is 1. The van der Waals surface area contributed by atoms with Crippen molar-refractivity contribution in [3.8, 4) is 0 Å². The average molecular weight is 457 g/mol. The summed E-state index contributed by atoms with van der Waals surface area (Å²) in [4.78, 5) is 24.3. The molecule has 0 bridgehead atoms. The van der Waals surface area contributed by atoms with Crippen LogP contribution in [0.3, 0.4) is 0 Å². The van der Waals surface area contributed by atoms with Crippen molar-refractivity contribution in [1.82, 2.24) is 5.32 Å². The minimum atomic E-state index is -4.68. The van der Waals surface area contributed by atoms with Crippen molar-refractivity contribution in [2.45, 2.75) is 24.4 Å². The first kappa shape index (κ1) is 22.4. The van der Waals surface area contributed by atoms with Crippen molar-refractivity contribution < 1.29 is 27.2 Å². The van der Waals surface area contributed by atoms with Gasteiger partial charge in [-0.3, -0.25) is 9.59 Å². The number of halogens is 3. The average Bonchev–Trinajstić information content (AvgIpc) is 3.39. The van der Waals surface area contributed by atoms with E-state index in [2.05, 4.69) is 16.0 Å². The normalized spacial score (nSPS) is 14.4. The highest BCUT2D eigenvalue weighted by atomic mass is 19.4. The molecule has 3 N–H and O–H groups in total. The van der Waals surface area contributed by atoms with Crippen molar-refractivity contribution in [3.63, 3.8) is 0 Å². The summed E-state index contributed by atoms with van der Waals surface area (Å²) in [5.74, 6) is -1.09. The predicted octanol–water partition coefficient (Wildman–Crippen LogP) is 4.81. The number of hydrogen-bond acceptors (Lipinski definition) is 4. The van der Waals surface area contributed by atoms with Gasteiger partial charge in [0.25, 0.3) is 5.91 Å². The quantitative estimate of drug-likeness (QED) is 0.453. The summed E-state index contributed by atoms with van der Waals surface area (Å²) in [5, 5.41) is 7.74. The summed E-state index contributed by atoms with van der Waals surface area (Å²) >= 11 is 0. The Morgan fingerprint density at radius 2 is 1.76 bits per heavy atom. The number of nitrogens with one attached hydrogen (secondary N) is 3. The zero-order chi connectivity index (χ0) is 23.5. The maximum absolute atomic E-state index is 13.6. The van der Waals surface area contributed by atoms with Gasteiger partial charge in [-0.2, -0.15) is 13.2 Å². The van der Waals surface area contributed by atoms with E-state index in [0.717, 1.165) is 24.5 Å². The summed E-state index contributed by atoms with van der Waals surface area (Å²) in [5.41, 5.74) is -0.238. The molecule has 1 aliphatic carbocycles. The van der Waals surface area contributed by atoms with E-state index in [1.165, 1.54) is 30.5 Å². The number of amides is 2. The zero-order valence-corrected chi connectivity index (χ0v) is 17.5. The first-order chi connectivity index (χ1) is 15.8. The van der Waals surface area contributed by atoms with Crippen molar-refractivity contribution in [1.29, 1.82) is 0 Å². The Morgan fingerprint density at radius 3 is 2.39 bits per heavy atom. The SMILES string of the molecule is O=C(CNc1ccc(NC(=O)c2ccco2)cc1C(F)(F)F)NCC1(c2ccccc2)CC1. The third-order valence-corrected chi connectivity index (χ3v) is 5.63. The Balaban J connectivity index is 1.38. The molecule has 1 aliphatic rings. The van der Waals surface area contributed by atoms with E-state index in [1.807, 2.05) is 30.3 Å². The highest BCUT2D eigenvalue weighted by Gasteiger charge is 2.44. The van der Waals surface area contributed by atoms with Crippen LogP contribution in [0.15, 0.2) is 71.3 Å². The van der Waals surface area contributed by atoms with Crippen LogP contribution < -0.4 is 16.0 Å². The van der Waals surface area contributed by atoms with Gasteiger partial charge in [-0.15, -0.1) is 0 Å². The third-order valence-electron chi connectivity index (χ3n) is 5.63. The Bertz CT molecular complexity index is 1120. The summed E-state index contributed by atoms with van der Waals surface area (Å²) in [6.45, 7) is 0.119. The number of alkyl halides is 3. The maximum atomic E-state index is 13.6. The molecular weight excluding hydrogens is 435 g/mol. The van der Waals surface area contributed by atoms with Gasteiger partial charge in [0.2, 0.25) is 5.91 Å². The van der Waals surface area contributed by atoms with Gasteiger partial charge in [0.15, 0.2) is 5.76 Å². The molecule has 1 aromatic heterocycles. The van der Waals surface area contributed by atoms with Crippen LogP contribution in [-0.4, -0.2) is 24.9 Å². The lowest BCUT2D eigenvalue weighted by atomic mass is 9.96. The second kappa shape index (κ2) is 9.01. The molecule has 1 fully saturated rings. The topological polar surface area (TPSA) is 83.4 Å². The lowest BCUT2D eigenvalue weighted by molar-refractivity contribution is -0.137. The summed E-state index contributed by atoms with van der Waals surface area (Å²) in [6, 6.07) is 16.1. The van der Waals surface area contributed by atoms with Crippen molar-refractivity contribution >= 4 is 23.2 Å². The summed E-state index contributed by atoms with van der Waals surface area (Å²) in [6.07, 6.45) is -1.49. The second-order valence-corrected chi connectivity index (χ2v) is 7.97. The molecule has 2 amide bonds. The summed E-state index contributed by atoms with van der Waals surface area (Å²) in [7, 11) is 0. The van der Waals surface area contributed by atoms with Gasteiger partial charge in [0, 0.05) is 23.3 Å². The number of carbonyl (C=O) groups excluding carboxylic acids is 2. The van der Waals surface area contributed by atoms with Crippen molar-refractivity contribution in [3.05, 3.63) is 83.8 Å². The molecule has 33 heavy (non-hydrogen) atoms. The largest absolute Gasteiger partial charge is 0.459 e. The molecule has 1 heterocycles. The van der Waals surface area contributed by atoms with E-state index < -0.39 is 23.6 Å². The molecule has 0 radical (unpaired) electrons. The molecule has 6 nitrogen and oxygen atoms in total. The Labute approximate surface area is 188 Å². The second-order valence-electron chi connectivity index (χ2n) is 7.97. The maximum Gasteiger partial charge on any atom is 0.418 e. The lowest BCUT2D eigenvalue weighted by Crippen LogP contribution is -2.36. The van der Waals surface area contributed by atoms with Crippen molar-refractivity contribution in [2.24, 2.45) is 0 Å². The number of hydrogen-bond donors (Lipinski definition) is 3. The van der Waals surface area contributed by atoms with E-state index in [4.69, 9.17) is 4.42 Å². The minimum absolute atomic E-state index is 0.0219. The first-order valence-corrected chi connectivity index (χ1v) is 10.4. The Hall–Kier alpha value is -3.75. The van der Waals surface area contributed by atoms with Gasteiger partial charge in [0.1, 0.15) is 0 Å². The van der Waals surface area contributed by atoms with E-state index in [-0.39, 0.29) is 29.1 Å². The molecular formula is C24H22F3N3O3. The fraction of sp³-hybridized carbons (Fsp3) is 0.250. The molecule has 0 unspecified atom stereocenters. The molecule has 0 aliphatic heterocycles. The Morgan fingerprint density at radius 1 is 1.00 bits per heavy atom. The van der Waals surface area contributed by atoms with Crippen molar-refractivity contribution in [2.75, 3.05) is 23.7 Å². The molecule has 172 valence electrons. The number of rotatable bonds is 8. The minimum Gasteiger partial charge on any atom is -0.459 e. The predicted molar refractivity (Wildman–Crippen MR) is 117 cm³/mol. The van der Waals surface area contributed by atoms with Crippen LogP contribution in [0.4, 0.5) is 24.5 Å². The van der Waals surface area contributed by atoms with E-state index in [0.29, 0.717) is 6.54 Å². The molecule has 0 atom stereocenters. The lowest BCUT2D eigenvalue weighted by Gasteiger charge is -2.18. The molecule has 4 rings (SSSR count). The fourth-order valence-electron chi connectivity index (χ4n) is 3.63. The highest BCUT2D eigenvalue weighted by Crippen LogP contribution is 2.47. The first-order valence-electron chi connectivity index (χ1n) is 10.4.